The van der Waals surface area contributed by atoms with Crippen molar-refractivity contribution in [3.8, 4) is 17.2 Å². The zero-order valence-corrected chi connectivity index (χ0v) is 10.8. The van der Waals surface area contributed by atoms with Crippen molar-refractivity contribution in [1.29, 1.82) is 5.26 Å². The van der Waals surface area contributed by atoms with Crippen LogP contribution in [0.3, 0.4) is 0 Å². The van der Waals surface area contributed by atoms with Gasteiger partial charge in [0.15, 0.2) is 0 Å². The number of hydrogen-bond acceptors (Lipinski definition) is 3. The summed E-state index contributed by atoms with van der Waals surface area (Å²) in [4.78, 5) is 8.73. The van der Waals surface area contributed by atoms with Crippen molar-refractivity contribution >= 4 is 11.0 Å². The van der Waals surface area contributed by atoms with Gasteiger partial charge in [0.2, 0.25) is 0 Å². The molecule has 2 heterocycles. The second-order valence-electron chi connectivity index (χ2n) is 5.13. The van der Waals surface area contributed by atoms with Gasteiger partial charge >= 0.3 is 0 Å². The van der Waals surface area contributed by atoms with Crippen LogP contribution in [0.2, 0.25) is 0 Å². The van der Waals surface area contributed by atoms with E-state index >= 15 is 0 Å². The van der Waals surface area contributed by atoms with Gasteiger partial charge in [-0.15, -0.1) is 0 Å². The van der Waals surface area contributed by atoms with Crippen LogP contribution in [0.5, 0.6) is 0 Å². The Balaban J connectivity index is 1.93. The van der Waals surface area contributed by atoms with E-state index in [0.29, 0.717) is 11.6 Å². The van der Waals surface area contributed by atoms with E-state index in [4.69, 9.17) is 5.26 Å². The van der Waals surface area contributed by atoms with E-state index < -0.39 is 0 Å². The van der Waals surface area contributed by atoms with E-state index in [0.717, 1.165) is 22.2 Å². The van der Waals surface area contributed by atoms with Gasteiger partial charge in [-0.3, -0.25) is 4.98 Å². The van der Waals surface area contributed by atoms with Crippen molar-refractivity contribution in [2.24, 2.45) is 0 Å². The Labute approximate surface area is 116 Å². The van der Waals surface area contributed by atoms with Gasteiger partial charge in [0.1, 0.15) is 5.52 Å². The number of pyridine rings is 1. The number of rotatable bonds is 2. The molecule has 1 aliphatic carbocycles. The SMILES string of the molecule is N#Cc1ccc(-c2cncc3ncn(C4CC4)c23)cc1. The molecular formula is C16H12N4. The maximum atomic E-state index is 8.89. The summed E-state index contributed by atoms with van der Waals surface area (Å²) in [5, 5.41) is 8.89. The van der Waals surface area contributed by atoms with Crippen LogP contribution in [0.15, 0.2) is 43.0 Å². The topological polar surface area (TPSA) is 54.5 Å². The summed E-state index contributed by atoms with van der Waals surface area (Å²) < 4.78 is 2.25. The molecule has 1 aromatic carbocycles. The number of imidazole rings is 1. The average molecular weight is 260 g/mol. The summed E-state index contributed by atoms with van der Waals surface area (Å²) in [6.07, 6.45) is 8.05. The molecule has 4 rings (SSSR count). The van der Waals surface area contributed by atoms with Gasteiger partial charge in [-0.25, -0.2) is 4.98 Å². The average Bonchev–Trinajstić information content (AvgIpc) is 3.26. The van der Waals surface area contributed by atoms with Gasteiger partial charge in [0.25, 0.3) is 0 Å². The molecule has 0 amide bonds. The van der Waals surface area contributed by atoms with Gasteiger partial charge in [-0.1, -0.05) is 12.1 Å². The number of benzene rings is 1. The first-order valence-corrected chi connectivity index (χ1v) is 6.68. The lowest BCUT2D eigenvalue weighted by Crippen LogP contribution is -1.94. The summed E-state index contributed by atoms with van der Waals surface area (Å²) in [5.41, 5.74) is 4.90. The monoisotopic (exact) mass is 260 g/mol. The Morgan fingerprint density at radius 3 is 2.65 bits per heavy atom. The van der Waals surface area contributed by atoms with E-state index in [9.17, 15) is 0 Å². The van der Waals surface area contributed by atoms with Crippen LogP contribution in [0.1, 0.15) is 24.4 Å². The normalized spacial score (nSPS) is 14.3. The molecule has 0 aliphatic heterocycles. The zero-order chi connectivity index (χ0) is 13.5. The van der Waals surface area contributed by atoms with Crippen LogP contribution in [-0.4, -0.2) is 14.5 Å². The minimum atomic E-state index is 0.583. The molecule has 4 heteroatoms. The Morgan fingerprint density at radius 1 is 1.15 bits per heavy atom. The third kappa shape index (κ3) is 1.68. The highest BCUT2D eigenvalue weighted by atomic mass is 15.1. The Kier molecular flexibility index (Phi) is 2.33. The van der Waals surface area contributed by atoms with E-state index in [-0.39, 0.29) is 0 Å². The second-order valence-corrected chi connectivity index (χ2v) is 5.13. The maximum Gasteiger partial charge on any atom is 0.107 e. The van der Waals surface area contributed by atoms with Crippen molar-refractivity contribution in [1.82, 2.24) is 14.5 Å². The molecule has 1 fully saturated rings. The lowest BCUT2D eigenvalue weighted by molar-refractivity contribution is 0.766. The van der Waals surface area contributed by atoms with Crippen molar-refractivity contribution in [3.63, 3.8) is 0 Å². The molecule has 20 heavy (non-hydrogen) atoms. The molecule has 1 saturated carbocycles. The largest absolute Gasteiger partial charge is 0.327 e. The summed E-state index contributed by atoms with van der Waals surface area (Å²) in [7, 11) is 0. The first-order valence-electron chi connectivity index (χ1n) is 6.68. The lowest BCUT2D eigenvalue weighted by atomic mass is 10.0. The molecule has 0 atom stereocenters. The highest BCUT2D eigenvalue weighted by molar-refractivity contribution is 5.91. The number of nitrogens with zero attached hydrogens (tertiary/aromatic N) is 4. The third-order valence-corrected chi connectivity index (χ3v) is 3.74. The van der Waals surface area contributed by atoms with Gasteiger partial charge in [-0.05, 0) is 30.5 Å². The van der Waals surface area contributed by atoms with Crippen molar-refractivity contribution in [2.45, 2.75) is 18.9 Å². The van der Waals surface area contributed by atoms with E-state index in [2.05, 4.69) is 20.6 Å². The predicted molar refractivity (Wildman–Crippen MR) is 76.0 cm³/mol. The third-order valence-electron chi connectivity index (χ3n) is 3.74. The second kappa shape index (κ2) is 4.17. The minimum Gasteiger partial charge on any atom is -0.327 e. The van der Waals surface area contributed by atoms with E-state index in [1.165, 1.54) is 12.8 Å². The summed E-state index contributed by atoms with van der Waals surface area (Å²) in [6.45, 7) is 0. The van der Waals surface area contributed by atoms with E-state index in [1.807, 2.05) is 36.8 Å². The van der Waals surface area contributed by atoms with Gasteiger partial charge < -0.3 is 4.57 Å². The molecule has 2 aromatic heterocycles. The minimum absolute atomic E-state index is 0.583. The Morgan fingerprint density at radius 2 is 1.95 bits per heavy atom. The summed E-state index contributed by atoms with van der Waals surface area (Å²) >= 11 is 0. The zero-order valence-electron chi connectivity index (χ0n) is 10.8. The van der Waals surface area contributed by atoms with Crippen LogP contribution in [-0.2, 0) is 0 Å². The molecule has 0 radical (unpaired) electrons. The predicted octanol–water partition coefficient (Wildman–Crippen LogP) is 3.30. The number of nitriles is 1. The molecule has 0 spiro atoms. The molecule has 4 nitrogen and oxygen atoms in total. The van der Waals surface area contributed by atoms with Crippen LogP contribution >= 0.6 is 0 Å². The highest BCUT2D eigenvalue weighted by Crippen LogP contribution is 2.39. The van der Waals surface area contributed by atoms with Crippen LogP contribution in [0.4, 0.5) is 0 Å². The van der Waals surface area contributed by atoms with Gasteiger partial charge in [0, 0.05) is 17.8 Å². The first kappa shape index (κ1) is 11.2. The number of aromatic nitrogens is 3. The molecule has 0 N–H and O–H groups in total. The molecule has 0 unspecified atom stereocenters. The molecule has 0 saturated heterocycles. The van der Waals surface area contributed by atoms with Crippen LogP contribution in [0, 0.1) is 11.3 Å². The highest BCUT2D eigenvalue weighted by Gasteiger charge is 2.26. The quantitative estimate of drug-likeness (QED) is 0.710. The summed E-state index contributed by atoms with van der Waals surface area (Å²) in [6, 6.07) is 10.3. The van der Waals surface area contributed by atoms with Crippen LogP contribution in [0.25, 0.3) is 22.2 Å². The number of fused-ring (bicyclic) bond motifs is 1. The maximum absolute atomic E-state index is 8.89. The standard InChI is InChI=1S/C16H12N4/c17-7-11-1-3-12(4-2-11)14-8-18-9-15-16(14)20(10-19-15)13-5-6-13/h1-4,8-10,13H,5-6H2. The van der Waals surface area contributed by atoms with Crippen molar-refractivity contribution in [3.05, 3.63) is 48.5 Å². The first-order chi connectivity index (χ1) is 9.86. The lowest BCUT2D eigenvalue weighted by Gasteiger charge is -2.07. The Hall–Kier alpha value is -2.67. The Bertz CT molecular complexity index is 820. The van der Waals surface area contributed by atoms with E-state index in [1.54, 1.807) is 6.20 Å². The molecular weight excluding hydrogens is 248 g/mol. The smallest absolute Gasteiger partial charge is 0.107 e. The molecule has 96 valence electrons. The molecule has 1 aliphatic rings. The fourth-order valence-electron chi connectivity index (χ4n) is 2.56. The molecule has 0 bridgehead atoms. The fraction of sp³-hybridized carbons (Fsp3) is 0.188. The number of hydrogen-bond donors (Lipinski definition) is 0. The summed E-state index contributed by atoms with van der Waals surface area (Å²) in [5.74, 6) is 0. The van der Waals surface area contributed by atoms with Gasteiger partial charge in [-0.2, -0.15) is 5.26 Å². The fourth-order valence-corrected chi connectivity index (χ4v) is 2.56. The van der Waals surface area contributed by atoms with Crippen molar-refractivity contribution < 1.29 is 0 Å². The van der Waals surface area contributed by atoms with Crippen LogP contribution < -0.4 is 0 Å². The van der Waals surface area contributed by atoms with Gasteiger partial charge in [0.05, 0.1) is 29.7 Å². The molecule has 3 aromatic rings. The van der Waals surface area contributed by atoms with Crippen molar-refractivity contribution in [2.75, 3.05) is 0 Å².